The molecule has 5 rings (SSSR count). The van der Waals surface area contributed by atoms with E-state index in [0.717, 1.165) is 31.9 Å². The third-order valence-electron chi connectivity index (χ3n) is 6.76. The molecule has 1 aliphatic carbocycles. The first kappa shape index (κ1) is 22.3. The van der Waals surface area contributed by atoms with Crippen LogP contribution in [0.1, 0.15) is 37.7 Å². The van der Waals surface area contributed by atoms with Gasteiger partial charge >= 0.3 is 5.16 Å². The molecule has 1 aromatic heterocycles. The fraction of sp³-hybridized carbons (Fsp3) is 0.455. The van der Waals surface area contributed by atoms with Crippen molar-refractivity contribution in [2.24, 2.45) is 5.41 Å². The lowest BCUT2D eigenvalue weighted by Crippen LogP contribution is -2.56. The summed E-state index contributed by atoms with van der Waals surface area (Å²) in [5, 5.41) is 2.84. The molecule has 0 radical (unpaired) electrons. The second kappa shape index (κ2) is 8.07. The van der Waals surface area contributed by atoms with Crippen LogP contribution in [-0.4, -0.2) is 53.6 Å². The predicted octanol–water partition coefficient (Wildman–Crippen LogP) is 1.38. The highest BCUT2D eigenvalue weighted by molar-refractivity contribution is 7.91. The Hall–Kier alpha value is -2.50. The van der Waals surface area contributed by atoms with Gasteiger partial charge in [-0.15, -0.1) is 0 Å². The van der Waals surface area contributed by atoms with Gasteiger partial charge in [0.1, 0.15) is 11.2 Å². The summed E-state index contributed by atoms with van der Waals surface area (Å²) in [7, 11) is -3.37. The second-order valence-corrected chi connectivity index (χ2v) is 12.3. The van der Waals surface area contributed by atoms with Crippen molar-refractivity contribution in [1.82, 2.24) is 15.3 Å². The first-order chi connectivity index (χ1) is 15.7. The average Bonchev–Trinajstić information content (AvgIpc) is 3.44. The van der Waals surface area contributed by atoms with Crippen LogP contribution in [0, 0.1) is 5.41 Å². The van der Waals surface area contributed by atoms with E-state index in [9.17, 15) is 22.6 Å². The Kier molecular flexibility index (Phi) is 5.45. The minimum atomic E-state index is -3.37. The van der Waals surface area contributed by atoms with E-state index in [1.54, 1.807) is 11.1 Å². The number of nitrogens with one attached hydrogen (secondary N) is 1. The monoisotopic (exact) mass is 488 g/mol. The molecule has 11 heteroatoms. The van der Waals surface area contributed by atoms with Crippen molar-refractivity contribution in [3.8, 4) is 0 Å². The highest BCUT2D eigenvalue weighted by Crippen LogP contribution is 2.44. The Morgan fingerprint density at radius 2 is 1.88 bits per heavy atom. The van der Waals surface area contributed by atoms with Crippen molar-refractivity contribution < 1.29 is 22.6 Å². The largest absolute Gasteiger partial charge is 0.604 e. The number of rotatable bonds is 4. The predicted molar refractivity (Wildman–Crippen MR) is 120 cm³/mol. The van der Waals surface area contributed by atoms with E-state index in [1.165, 1.54) is 24.3 Å². The van der Waals surface area contributed by atoms with Gasteiger partial charge in [0.25, 0.3) is 0 Å². The summed E-state index contributed by atoms with van der Waals surface area (Å²) < 4.78 is 36.6. The molecule has 1 saturated carbocycles. The van der Waals surface area contributed by atoms with Crippen LogP contribution in [0.5, 0.6) is 0 Å². The molecule has 1 aromatic carbocycles. The number of hydrogen-bond acceptors (Lipinski definition) is 7. The lowest BCUT2D eigenvalue weighted by Gasteiger charge is -2.40. The van der Waals surface area contributed by atoms with E-state index < -0.39 is 26.4 Å². The zero-order valence-corrected chi connectivity index (χ0v) is 19.7. The minimum Gasteiger partial charge on any atom is -0.604 e. The van der Waals surface area contributed by atoms with E-state index in [-0.39, 0.29) is 34.3 Å². The molecule has 1 unspecified atom stereocenters. The van der Waals surface area contributed by atoms with Crippen molar-refractivity contribution in [3.05, 3.63) is 36.0 Å². The molecule has 2 aromatic rings. The van der Waals surface area contributed by atoms with Gasteiger partial charge in [0.2, 0.25) is 11.8 Å². The normalized spacial score (nSPS) is 24.2. The summed E-state index contributed by atoms with van der Waals surface area (Å²) in [6.45, 7) is 0.463. The summed E-state index contributed by atoms with van der Waals surface area (Å²) in [5.74, 6) is -0.0482. The topological polar surface area (TPSA) is 132 Å². The fourth-order valence-corrected chi connectivity index (χ4v) is 6.54. The number of fused-ring (bicyclic) bond motifs is 1. The number of hydrogen-bond donors (Lipinski definition) is 1. The van der Waals surface area contributed by atoms with E-state index in [4.69, 9.17) is 0 Å². The van der Waals surface area contributed by atoms with E-state index in [2.05, 4.69) is 15.3 Å². The van der Waals surface area contributed by atoms with Gasteiger partial charge in [-0.3, -0.25) is 14.5 Å². The Labute approximate surface area is 195 Å². The Morgan fingerprint density at radius 3 is 2.48 bits per heavy atom. The molecule has 1 spiro atoms. The minimum absolute atomic E-state index is 0.0449. The quantitative estimate of drug-likeness (QED) is 0.391. The molecule has 33 heavy (non-hydrogen) atoms. The van der Waals surface area contributed by atoms with Crippen molar-refractivity contribution in [1.29, 1.82) is 0 Å². The van der Waals surface area contributed by atoms with Crippen LogP contribution in [0.15, 0.2) is 45.4 Å². The molecule has 1 N–H and O–H groups in total. The lowest BCUT2D eigenvalue weighted by molar-refractivity contribution is -0.140. The van der Waals surface area contributed by atoms with E-state index in [0.29, 0.717) is 29.2 Å². The van der Waals surface area contributed by atoms with Gasteiger partial charge in [0.05, 0.1) is 16.1 Å². The van der Waals surface area contributed by atoms with Crippen molar-refractivity contribution in [2.75, 3.05) is 17.7 Å². The summed E-state index contributed by atoms with van der Waals surface area (Å²) >= 11 is -1.76. The van der Waals surface area contributed by atoms with Gasteiger partial charge < -0.3 is 9.87 Å². The first-order valence-corrected chi connectivity index (χ1v) is 13.9. The maximum atomic E-state index is 13.7. The van der Waals surface area contributed by atoms with Crippen LogP contribution in [0.25, 0.3) is 0 Å². The summed E-state index contributed by atoms with van der Waals surface area (Å²) in [6, 6.07) is 5.71. The van der Waals surface area contributed by atoms with Gasteiger partial charge in [-0.05, 0) is 43.5 Å². The molecule has 3 heterocycles. The molecule has 2 atom stereocenters. The van der Waals surface area contributed by atoms with E-state index in [1.807, 2.05) is 0 Å². The third kappa shape index (κ3) is 3.71. The zero-order valence-electron chi connectivity index (χ0n) is 18.1. The molecule has 0 bridgehead atoms. The zero-order chi connectivity index (χ0) is 23.4. The fourth-order valence-electron chi connectivity index (χ4n) is 4.99. The molecule has 1 saturated heterocycles. The Morgan fingerprint density at radius 1 is 1.18 bits per heavy atom. The summed E-state index contributed by atoms with van der Waals surface area (Å²) in [4.78, 5) is 37.4. The number of amides is 2. The van der Waals surface area contributed by atoms with Gasteiger partial charge in [-0.1, -0.05) is 12.8 Å². The maximum absolute atomic E-state index is 13.7. The number of benzene rings is 1. The van der Waals surface area contributed by atoms with Crippen LogP contribution < -0.4 is 10.2 Å². The molecular weight excluding hydrogens is 464 g/mol. The number of aromatic nitrogens is 2. The molecule has 2 amide bonds. The van der Waals surface area contributed by atoms with Crippen LogP contribution in [0.2, 0.25) is 0 Å². The number of carbonyl (C=O) groups is 2. The van der Waals surface area contributed by atoms with Crippen LogP contribution in [0.4, 0.5) is 5.82 Å². The first-order valence-electron chi connectivity index (χ1n) is 10.9. The Balaban J connectivity index is 1.54. The van der Waals surface area contributed by atoms with Gasteiger partial charge in [-0.2, -0.15) is 9.97 Å². The summed E-state index contributed by atoms with van der Waals surface area (Å²) in [6.07, 6.45) is 7.01. The smallest absolute Gasteiger partial charge is 0.350 e. The molecule has 174 valence electrons. The van der Waals surface area contributed by atoms with E-state index >= 15 is 0 Å². The number of nitrogens with zero attached hydrogens (tertiary/aromatic N) is 3. The van der Waals surface area contributed by atoms with Gasteiger partial charge in [0.15, 0.2) is 14.7 Å². The van der Waals surface area contributed by atoms with Gasteiger partial charge in [-0.25, -0.2) is 8.42 Å². The Bertz CT molecular complexity index is 1230. The van der Waals surface area contributed by atoms with Crippen LogP contribution in [-0.2, 0) is 37.0 Å². The van der Waals surface area contributed by atoms with Crippen molar-refractivity contribution >= 4 is 38.6 Å². The number of carbonyl (C=O) groups excluding carboxylic acids is 2. The van der Waals surface area contributed by atoms with Crippen molar-refractivity contribution in [3.63, 3.8) is 0 Å². The molecule has 9 nitrogen and oxygen atoms in total. The standard InChI is InChI=1S/C22H24N4O5S2/c1-33(30,31)17-8-6-16(7-9-17)32(29)21-24-13-14-12-22(10-11-23-19(22)27)20(28)26(18(14)25-21)15-4-2-3-5-15/h6-9,13,15H,2-5,10-12H2,1H3,(H,23,27)/t22-,32?/m1/s1. The molecule has 2 fully saturated rings. The summed E-state index contributed by atoms with van der Waals surface area (Å²) in [5.41, 5.74) is -0.423. The number of anilines is 1. The molecule has 3 aliphatic rings. The highest BCUT2D eigenvalue weighted by Gasteiger charge is 2.56. The lowest BCUT2D eigenvalue weighted by atomic mass is 9.76. The maximum Gasteiger partial charge on any atom is 0.350 e. The van der Waals surface area contributed by atoms with Crippen molar-refractivity contribution in [2.45, 2.75) is 59.5 Å². The molecule has 2 aliphatic heterocycles. The number of sulfone groups is 1. The second-order valence-electron chi connectivity index (χ2n) is 8.89. The van der Waals surface area contributed by atoms with Crippen LogP contribution >= 0.6 is 0 Å². The van der Waals surface area contributed by atoms with Gasteiger partial charge in [0, 0.05) is 37.0 Å². The average molecular weight is 489 g/mol. The highest BCUT2D eigenvalue weighted by atomic mass is 32.2. The van der Waals surface area contributed by atoms with Crippen LogP contribution in [0.3, 0.4) is 0 Å². The third-order valence-corrected chi connectivity index (χ3v) is 9.12. The molecular formula is C22H24N4O5S2. The SMILES string of the molecule is CS(=O)(=O)c1ccc([S+]([O-])c2ncc3c(n2)N(C2CCCC2)C(=O)[C@]2(CCNC2=O)C3)cc1.